The Bertz CT molecular complexity index is 825. The van der Waals surface area contributed by atoms with Crippen LogP contribution in [0.4, 0.5) is 0 Å². The zero-order chi connectivity index (χ0) is 48.2. The maximum atomic E-state index is 5.66. The number of methoxy groups -OCH3 is 1. The number of hydrogen-bond donors (Lipinski definition) is 0. The molecular formula is C66H162O9. The molecule has 0 amide bonds. The molecule has 0 unspecified atom stereocenters. The second kappa shape index (κ2) is 75.7. The smallest absolute Gasteiger partial charge is 0.0598 e. The largest absolute Gasteiger partial charge is 0.385 e. The van der Waals surface area contributed by atoms with E-state index in [4.69, 9.17) is 42.6 Å². The van der Waals surface area contributed by atoms with Gasteiger partial charge in [-0.2, -0.15) is 0 Å². The molecule has 0 saturated heterocycles. The van der Waals surface area contributed by atoms with E-state index in [0.717, 1.165) is 138 Å². The second-order valence-electron chi connectivity index (χ2n) is 22.8. The lowest BCUT2D eigenvalue weighted by atomic mass is 9.89. The summed E-state index contributed by atoms with van der Waals surface area (Å²) in [6.07, 6.45) is 21.1. The molecule has 9 nitrogen and oxygen atoms in total. The van der Waals surface area contributed by atoms with Gasteiger partial charge in [-0.1, -0.05) is 190 Å². The van der Waals surface area contributed by atoms with Gasteiger partial charge in [0, 0.05) is 106 Å². The van der Waals surface area contributed by atoms with Crippen LogP contribution in [-0.2, 0) is 42.6 Å². The Balaban J connectivity index is -0.0000000526. The Morgan fingerprint density at radius 2 is 0.373 bits per heavy atom. The lowest BCUT2D eigenvalue weighted by molar-refractivity contribution is -0.0154. The first-order valence-electron chi connectivity index (χ1n) is 25.7. The SMILES string of the molecule is C.C.C.C.C.C.C.C.C.C.C.C.CC(C)(C)CCCCCOCCCOCCCOC(C)(C)C.CC(C)(C)CCCCCOCCCOCCCOCCCOC(C)(C)C.COCCCOCCCCCC(C)(C)C. The van der Waals surface area contributed by atoms with Gasteiger partial charge in [0.25, 0.3) is 0 Å². The van der Waals surface area contributed by atoms with Gasteiger partial charge in [-0.3, -0.25) is 0 Å². The Hall–Kier alpha value is -0.360. The van der Waals surface area contributed by atoms with Crippen LogP contribution < -0.4 is 0 Å². The molecule has 480 valence electrons. The zero-order valence-corrected chi connectivity index (χ0v) is 45.5. The van der Waals surface area contributed by atoms with E-state index in [1.165, 1.54) is 77.0 Å². The Labute approximate surface area is 483 Å². The maximum absolute atomic E-state index is 5.66. The van der Waals surface area contributed by atoms with Crippen LogP contribution in [0.1, 0.15) is 309 Å². The average Bonchev–Trinajstić information content (AvgIpc) is 3.15. The molecule has 0 aromatic rings. The minimum absolute atomic E-state index is 0. The summed E-state index contributed by atoms with van der Waals surface area (Å²) in [5.41, 5.74) is 1.32. The third-order valence-corrected chi connectivity index (χ3v) is 9.45. The molecule has 0 rings (SSSR count). The lowest BCUT2D eigenvalue weighted by Gasteiger charge is -2.19. The highest BCUT2D eigenvalue weighted by Crippen LogP contribution is 2.23. The summed E-state index contributed by atoms with van der Waals surface area (Å²) in [4.78, 5) is 0. The minimum atomic E-state index is -0.0518. The van der Waals surface area contributed by atoms with Gasteiger partial charge >= 0.3 is 0 Å². The normalized spacial score (nSPS) is 10.6. The van der Waals surface area contributed by atoms with Crippen molar-refractivity contribution in [3.63, 3.8) is 0 Å². The summed E-state index contributed by atoms with van der Waals surface area (Å²) >= 11 is 0. The van der Waals surface area contributed by atoms with Crippen molar-refractivity contribution < 1.29 is 42.6 Å². The molecule has 9 heteroatoms. The van der Waals surface area contributed by atoms with E-state index >= 15 is 0 Å². The zero-order valence-electron chi connectivity index (χ0n) is 45.5. The molecule has 0 atom stereocenters. The first-order chi connectivity index (χ1) is 29.5. The second-order valence-corrected chi connectivity index (χ2v) is 22.8. The number of ether oxygens (including phenoxy) is 9. The van der Waals surface area contributed by atoms with Gasteiger partial charge < -0.3 is 42.6 Å². The summed E-state index contributed by atoms with van der Waals surface area (Å²) in [7, 11) is 1.73. The van der Waals surface area contributed by atoms with Crippen LogP contribution >= 0.6 is 0 Å². The van der Waals surface area contributed by atoms with Crippen molar-refractivity contribution in [1.82, 2.24) is 0 Å². The fraction of sp³-hybridized carbons (Fsp3) is 1.00. The molecule has 0 heterocycles. The first-order valence-corrected chi connectivity index (χ1v) is 25.7. The van der Waals surface area contributed by atoms with Gasteiger partial charge in [-0.15, -0.1) is 0 Å². The van der Waals surface area contributed by atoms with Crippen molar-refractivity contribution in [1.29, 1.82) is 0 Å². The Morgan fingerprint density at radius 3 is 0.547 bits per heavy atom. The van der Waals surface area contributed by atoms with Gasteiger partial charge in [0.1, 0.15) is 0 Å². The van der Waals surface area contributed by atoms with Crippen LogP contribution in [0.15, 0.2) is 0 Å². The summed E-state index contributed by atoms with van der Waals surface area (Å²) < 4.78 is 49.8. The fourth-order valence-corrected chi connectivity index (χ4v) is 5.89. The quantitative estimate of drug-likeness (QED) is 0.0559. The summed E-state index contributed by atoms with van der Waals surface area (Å²) in [5, 5.41) is 0. The Morgan fingerprint density at radius 1 is 0.200 bits per heavy atom. The van der Waals surface area contributed by atoms with Gasteiger partial charge in [-0.05, 0) is 135 Å². The predicted molar refractivity (Wildman–Crippen MR) is 350 cm³/mol. The van der Waals surface area contributed by atoms with Crippen molar-refractivity contribution in [2.45, 2.75) is 320 Å². The number of rotatable bonds is 39. The van der Waals surface area contributed by atoms with Crippen LogP contribution in [0, 0.1) is 16.2 Å². The maximum Gasteiger partial charge on any atom is 0.0598 e. The van der Waals surface area contributed by atoms with E-state index in [1.54, 1.807) is 7.11 Å². The molecule has 0 aliphatic carbocycles. The van der Waals surface area contributed by atoms with Crippen molar-refractivity contribution >= 4 is 0 Å². The van der Waals surface area contributed by atoms with E-state index in [1.807, 2.05) is 0 Å². The van der Waals surface area contributed by atoms with E-state index in [9.17, 15) is 0 Å². The molecule has 0 N–H and O–H groups in total. The van der Waals surface area contributed by atoms with Crippen molar-refractivity contribution in [3.05, 3.63) is 0 Å². The highest BCUT2D eigenvalue weighted by atomic mass is 16.5. The van der Waals surface area contributed by atoms with Gasteiger partial charge in [0.15, 0.2) is 0 Å². The monoisotopic (exact) mass is 1100 g/mol. The minimum Gasteiger partial charge on any atom is -0.385 e. The van der Waals surface area contributed by atoms with Crippen LogP contribution in [0.25, 0.3) is 0 Å². The standard InChI is InChI=1S/C22H46O4.C19H40O3.C13H28O2.12CH4/c1-21(2,3)13-8-7-9-14-23-15-10-16-24-17-11-18-25-19-12-20-26-22(4,5)6;1-18(2,3)12-8-7-9-13-20-14-10-15-21-16-11-17-22-19(4,5)6;1-13(2,3)9-6-5-7-11-15-12-8-10-14-4;;;;;;;;;;;;/h7-20H2,1-6H3;7-17H2,1-6H3;5-12H2,1-4H3;12*1H4. The van der Waals surface area contributed by atoms with Crippen LogP contribution in [-0.4, -0.2) is 117 Å². The molecule has 0 aliphatic heterocycles. The van der Waals surface area contributed by atoms with Crippen LogP contribution in [0.5, 0.6) is 0 Å². The highest BCUT2D eigenvalue weighted by Gasteiger charge is 2.12. The summed E-state index contributed by atoms with van der Waals surface area (Å²) in [6.45, 7) is 45.3. The number of hydrogen-bond acceptors (Lipinski definition) is 9. The van der Waals surface area contributed by atoms with E-state index < -0.39 is 0 Å². The molecule has 0 bridgehead atoms. The molecule has 0 aromatic carbocycles. The van der Waals surface area contributed by atoms with E-state index in [-0.39, 0.29) is 100 Å². The van der Waals surface area contributed by atoms with Crippen molar-refractivity contribution in [2.75, 3.05) is 106 Å². The average molecular weight is 1100 g/mol. The molecule has 0 aromatic heterocycles. The van der Waals surface area contributed by atoms with Gasteiger partial charge in [-0.25, -0.2) is 0 Å². The third kappa shape index (κ3) is 131. The molecule has 0 aliphatic rings. The van der Waals surface area contributed by atoms with Gasteiger partial charge in [0.2, 0.25) is 0 Å². The highest BCUT2D eigenvalue weighted by molar-refractivity contribution is 4.63. The van der Waals surface area contributed by atoms with Crippen molar-refractivity contribution in [3.8, 4) is 0 Å². The molecular weight excluding hydrogens is 937 g/mol. The topological polar surface area (TPSA) is 83.1 Å². The lowest BCUT2D eigenvalue weighted by Crippen LogP contribution is -2.20. The number of unbranched alkanes of at least 4 members (excludes halogenated alkanes) is 6. The molecule has 0 radical (unpaired) electrons. The van der Waals surface area contributed by atoms with Crippen LogP contribution in [0.3, 0.4) is 0 Å². The third-order valence-electron chi connectivity index (χ3n) is 9.45. The fourth-order valence-electron chi connectivity index (χ4n) is 5.89. The summed E-state index contributed by atoms with van der Waals surface area (Å²) in [5.74, 6) is 0. The predicted octanol–water partition coefficient (Wildman–Crippen LogP) is 22.1. The summed E-state index contributed by atoms with van der Waals surface area (Å²) in [6, 6.07) is 0. The first kappa shape index (κ1) is 114. The molecule has 75 heavy (non-hydrogen) atoms. The van der Waals surface area contributed by atoms with E-state index in [2.05, 4.69) is 104 Å². The Kier molecular flexibility index (Phi) is 115. The van der Waals surface area contributed by atoms with E-state index in [0.29, 0.717) is 16.2 Å². The molecule has 0 spiro atoms. The molecule has 0 fully saturated rings. The molecule has 0 saturated carbocycles. The van der Waals surface area contributed by atoms with Crippen molar-refractivity contribution in [2.24, 2.45) is 16.2 Å². The van der Waals surface area contributed by atoms with Gasteiger partial charge in [0.05, 0.1) is 11.2 Å². The van der Waals surface area contributed by atoms with Crippen LogP contribution in [0.2, 0.25) is 0 Å².